The fraction of sp³-hybridized carbons (Fsp3) is 0.368. The van der Waals surface area contributed by atoms with Gasteiger partial charge in [-0.2, -0.15) is 5.26 Å². The fourth-order valence-corrected chi connectivity index (χ4v) is 2.55. The molecule has 0 aliphatic rings. The van der Waals surface area contributed by atoms with Crippen LogP contribution in [0.4, 0.5) is 0 Å². The topological polar surface area (TPSA) is 55.0 Å². The molecule has 0 unspecified atom stereocenters. The van der Waals surface area contributed by atoms with Crippen molar-refractivity contribution in [3.8, 4) is 23.1 Å². The number of pyridine rings is 1. The summed E-state index contributed by atoms with van der Waals surface area (Å²) in [6.07, 6.45) is 2.08. The summed E-state index contributed by atoms with van der Waals surface area (Å²) in [5.74, 6) is 0.792. The lowest BCUT2D eigenvalue weighted by Gasteiger charge is -2.15. The Morgan fingerprint density at radius 1 is 1.22 bits per heavy atom. The first-order chi connectivity index (χ1) is 11.2. The first-order valence-corrected chi connectivity index (χ1v) is 8.04. The third-order valence-corrected chi connectivity index (χ3v) is 3.70. The van der Waals surface area contributed by atoms with Crippen LogP contribution in [0.25, 0.3) is 11.3 Å². The molecule has 120 valence electrons. The molecule has 23 heavy (non-hydrogen) atoms. The highest BCUT2D eigenvalue weighted by atomic mass is 16.5. The maximum atomic E-state index is 12.7. The molecule has 1 aromatic heterocycles. The van der Waals surface area contributed by atoms with Crippen LogP contribution in [0.3, 0.4) is 0 Å². The Kier molecular flexibility index (Phi) is 5.99. The lowest BCUT2D eigenvalue weighted by Crippen LogP contribution is -2.25. The molecule has 4 heteroatoms. The minimum atomic E-state index is -0.0701. The number of nitriles is 1. The lowest BCUT2D eigenvalue weighted by atomic mass is 10.1. The average molecular weight is 310 g/mol. The SMILES string of the molecule is CCCCn1c(-c2cccc(OCC)c2)ccc(CC#N)c1=O. The molecule has 0 bridgehead atoms. The number of hydrogen-bond acceptors (Lipinski definition) is 3. The molecule has 0 saturated carbocycles. The second-order valence-corrected chi connectivity index (χ2v) is 5.35. The normalized spacial score (nSPS) is 10.3. The van der Waals surface area contributed by atoms with Gasteiger partial charge in [0.05, 0.1) is 24.8 Å². The Hall–Kier alpha value is -2.54. The van der Waals surface area contributed by atoms with Crippen LogP contribution in [0.5, 0.6) is 5.75 Å². The van der Waals surface area contributed by atoms with Gasteiger partial charge >= 0.3 is 0 Å². The van der Waals surface area contributed by atoms with Gasteiger partial charge in [-0.3, -0.25) is 4.79 Å². The average Bonchev–Trinajstić information content (AvgIpc) is 2.56. The van der Waals surface area contributed by atoms with Crippen LogP contribution in [0.2, 0.25) is 0 Å². The molecule has 0 aliphatic heterocycles. The van der Waals surface area contributed by atoms with E-state index in [0.717, 1.165) is 29.8 Å². The smallest absolute Gasteiger partial charge is 0.255 e. The van der Waals surface area contributed by atoms with Crippen LogP contribution in [-0.4, -0.2) is 11.2 Å². The third-order valence-electron chi connectivity index (χ3n) is 3.70. The number of benzene rings is 1. The van der Waals surface area contributed by atoms with Gasteiger partial charge in [-0.15, -0.1) is 0 Å². The van der Waals surface area contributed by atoms with Crippen molar-refractivity contribution in [3.05, 3.63) is 52.3 Å². The molecule has 0 saturated heterocycles. The first-order valence-electron chi connectivity index (χ1n) is 8.04. The Labute approximate surface area is 137 Å². The largest absolute Gasteiger partial charge is 0.494 e. The van der Waals surface area contributed by atoms with E-state index in [2.05, 4.69) is 13.0 Å². The molecule has 0 aliphatic carbocycles. The number of unbranched alkanes of at least 4 members (excludes halogenated alkanes) is 1. The molecule has 0 amide bonds. The third kappa shape index (κ3) is 4.01. The van der Waals surface area contributed by atoms with Gasteiger partial charge in [-0.05, 0) is 31.5 Å². The Morgan fingerprint density at radius 3 is 2.74 bits per heavy atom. The molecular weight excluding hydrogens is 288 g/mol. The van der Waals surface area contributed by atoms with E-state index in [4.69, 9.17) is 10.00 Å². The van der Waals surface area contributed by atoms with Crippen LogP contribution >= 0.6 is 0 Å². The van der Waals surface area contributed by atoms with Gasteiger partial charge in [0.2, 0.25) is 0 Å². The van der Waals surface area contributed by atoms with Gasteiger partial charge in [-0.25, -0.2) is 0 Å². The Balaban J connectivity index is 2.52. The van der Waals surface area contributed by atoms with Gasteiger partial charge in [-0.1, -0.05) is 31.5 Å². The number of ether oxygens (including phenoxy) is 1. The summed E-state index contributed by atoms with van der Waals surface area (Å²) in [5, 5.41) is 8.88. The number of nitrogens with zero attached hydrogens (tertiary/aromatic N) is 2. The van der Waals surface area contributed by atoms with Crippen LogP contribution in [-0.2, 0) is 13.0 Å². The second-order valence-electron chi connectivity index (χ2n) is 5.35. The van der Waals surface area contributed by atoms with Gasteiger partial charge in [0.25, 0.3) is 5.56 Å². The summed E-state index contributed by atoms with van der Waals surface area (Å²) < 4.78 is 7.33. The summed E-state index contributed by atoms with van der Waals surface area (Å²) >= 11 is 0. The van der Waals surface area contributed by atoms with Gasteiger partial charge in [0.15, 0.2) is 0 Å². The molecule has 0 spiro atoms. The van der Waals surface area contributed by atoms with Crippen molar-refractivity contribution in [2.24, 2.45) is 0 Å². The van der Waals surface area contributed by atoms with Crippen molar-refractivity contribution in [2.45, 2.75) is 39.7 Å². The molecule has 1 heterocycles. The van der Waals surface area contributed by atoms with Crippen molar-refractivity contribution in [1.29, 1.82) is 5.26 Å². The van der Waals surface area contributed by atoms with E-state index in [1.165, 1.54) is 0 Å². The van der Waals surface area contributed by atoms with Crippen molar-refractivity contribution < 1.29 is 4.74 Å². The molecule has 1 aromatic carbocycles. The van der Waals surface area contributed by atoms with Crippen LogP contribution in [0, 0.1) is 11.3 Å². The highest BCUT2D eigenvalue weighted by Crippen LogP contribution is 2.24. The van der Waals surface area contributed by atoms with E-state index >= 15 is 0 Å². The fourth-order valence-electron chi connectivity index (χ4n) is 2.55. The highest BCUT2D eigenvalue weighted by Gasteiger charge is 2.11. The zero-order valence-corrected chi connectivity index (χ0v) is 13.7. The van der Waals surface area contributed by atoms with Crippen LogP contribution < -0.4 is 10.3 Å². The van der Waals surface area contributed by atoms with Crippen LogP contribution in [0.15, 0.2) is 41.2 Å². The maximum absolute atomic E-state index is 12.7. The predicted molar refractivity (Wildman–Crippen MR) is 91.5 cm³/mol. The zero-order chi connectivity index (χ0) is 16.7. The molecule has 2 aromatic rings. The van der Waals surface area contributed by atoms with Crippen molar-refractivity contribution in [2.75, 3.05) is 6.61 Å². The molecule has 0 atom stereocenters. The standard InChI is InChI=1S/C19H22N2O2/c1-3-5-13-21-18(10-9-15(11-12-20)19(21)22)16-7-6-8-17(14-16)23-4-2/h6-10,14H,3-5,11,13H2,1-2H3. The van der Waals surface area contributed by atoms with E-state index in [0.29, 0.717) is 18.7 Å². The molecule has 0 radical (unpaired) electrons. The first kappa shape index (κ1) is 16.8. The van der Waals surface area contributed by atoms with Gasteiger partial charge in [0, 0.05) is 17.7 Å². The minimum Gasteiger partial charge on any atom is -0.494 e. The van der Waals surface area contributed by atoms with Crippen molar-refractivity contribution in [3.63, 3.8) is 0 Å². The van der Waals surface area contributed by atoms with Crippen molar-refractivity contribution in [1.82, 2.24) is 4.57 Å². The minimum absolute atomic E-state index is 0.0701. The maximum Gasteiger partial charge on any atom is 0.255 e. The highest BCUT2D eigenvalue weighted by molar-refractivity contribution is 5.62. The second kappa shape index (κ2) is 8.19. The number of rotatable bonds is 7. The molecular formula is C19H22N2O2. The molecule has 0 fully saturated rings. The summed E-state index contributed by atoms with van der Waals surface area (Å²) in [6, 6.07) is 13.5. The quantitative estimate of drug-likeness (QED) is 0.782. The van der Waals surface area contributed by atoms with Crippen molar-refractivity contribution >= 4 is 0 Å². The molecule has 0 N–H and O–H groups in total. The Morgan fingerprint density at radius 2 is 2.04 bits per heavy atom. The summed E-state index contributed by atoms with van der Waals surface area (Å²) in [6.45, 7) is 5.30. The number of hydrogen-bond donors (Lipinski definition) is 0. The summed E-state index contributed by atoms with van der Waals surface area (Å²) in [7, 11) is 0. The van der Waals surface area contributed by atoms with Gasteiger partial charge in [0.1, 0.15) is 5.75 Å². The van der Waals surface area contributed by atoms with E-state index in [9.17, 15) is 4.79 Å². The Bertz CT molecular complexity index is 757. The zero-order valence-electron chi connectivity index (χ0n) is 13.7. The molecule has 2 rings (SSSR count). The van der Waals surface area contributed by atoms with Gasteiger partial charge < -0.3 is 9.30 Å². The number of aromatic nitrogens is 1. The lowest BCUT2D eigenvalue weighted by molar-refractivity contribution is 0.340. The van der Waals surface area contributed by atoms with E-state index in [1.807, 2.05) is 37.3 Å². The summed E-state index contributed by atoms with van der Waals surface area (Å²) in [4.78, 5) is 12.7. The van der Waals surface area contributed by atoms with E-state index in [1.54, 1.807) is 10.6 Å². The summed E-state index contributed by atoms with van der Waals surface area (Å²) in [5.41, 5.74) is 2.30. The van der Waals surface area contributed by atoms with E-state index < -0.39 is 0 Å². The monoisotopic (exact) mass is 310 g/mol. The van der Waals surface area contributed by atoms with Crippen LogP contribution in [0.1, 0.15) is 32.3 Å². The predicted octanol–water partition coefficient (Wildman–Crippen LogP) is 3.78. The molecule has 4 nitrogen and oxygen atoms in total. The van der Waals surface area contributed by atoms with E-state index in [-0.39, 0.29) is 12.0 Å².